The van der Waals surface area contributed by atoms with Gasteiger partial charge in [-0.1, -0.05) is 59.1 Å². The van der Waals surface area contributed by atoms with Gasteiger partial charge in [0.2, 0.25) is 0 Å². The predicted octanol–water partition coefficient (Wildman–Crippen LogP) is 7.28. The third-order valence-corrected chi connectivity index (χ3v) is 3.94. The zero-order chi connectivity index (χ0) is 20.2. The lowest BCUT2D eigenvalue weighted by molar-refractivity contribution is 0.0734. The lowest BCUT2D eigenvalue weighted by Crippen LogP contribution is -2.09. The summed E-state index contributed by atoms with van der Waals surface area (Å²) in [6, 6.07) is 9.95. The van der Waals surface area contributed by atoms with Crippen LogP contribution in [0.15, 0.2) is 42.5 Å². The summed E-state index contributed by atoms with van der Waals surface area (Å²) in [5.74, 6) is -1.85. The second kappa shape index (κ2) is 12.2. The molecule has 4 heteroatoms. The summed E-state index contributed by atoms with van der Waals surface area (Å²) < 4.78 is 31.3. The van der Waals surface area contributed by atoms with Gasteiger partial charge in [-0.15, -0.1) is 0 Å². The largest absolute Gasteiger partial charge is 0.423 e. The van der Waals surface area contributed by atoms with Crippen LogP contribution >= 0.6 is 0 Å². The Kier molecular flexibility index (Phi) is 10.3. The van der Waals surface area contributed by atoms with Crippen molar-refractivity contribution in [1.29, 1.82) is 0 Å². The van der Waals surface area contributed by atoms with Crippen molar-refractivity contribution in [3.63, 3.8) is 0 Å². The molecule has 0 spiro atoms. The van der Waals surface area contributed by atoms with Crippen LogP contribution in [-0.2, 0) is 0 Å². The first-order valence-electron chi connectivity index (χ1n) is 9.73. The minimum Gasteiger partial charge on any atom is -0.423 e. The fourth-order valence-corrected chi connectivity index (χ4v) is 2.82. The molecule has 0 aromatic heterocycles. The van der Waals surface area contributed by atoms with Crippen molar-refractivity contribution in [2.24, 2.45) is 0 Å². The summed E-state index contributed by atoms with van der Waals surface area (Å²) in [7, 11) is 0. The number of halogens is 2. The Morgan fingerprint density at radius 3 is 1.81 bits per heavy atom. The van der Waals surface area contributed by atoms with E-state index in [1.54, 1.807) is 12.1 Å². The van der Waals surface area contributed by atoms with Crippen LogP contribution in [0.2, 0.25) is 0 Å². The Morgan fingerprint density at radius 1 is 0.889 bits per heavy atom. The SMILES string of the molecule is CCC.CCCC(CCC)c1ccc(C(=O)Oc2cc(F)cc(F)c2)cc1. The van der Waals surface area contributed by atoms with E-state index < -0.39 is 17.6 Å². The summed E-state index contributed by atoms with van der Waals surface area (Å²) >= 11 is 0. The van der Waals surface area contributed by atoms with E-state index in [2.05, 4.69) is 27.7 Å². The van der Waals surface area contributed by atoms with Gasteiger partial charge in [-0.25, -0.2) is 13.6 Å². The molecule has 27 heavy (non-hydrogen) atoms. The van der Waals surface area contributed by atoms with E-state index in [0.717, 1.165) is 43.9 Å². The highest BCUT2D eigenvalue weighted by molar-refractivity contribution is 5.91. The van der Waals surface area contributed by atoms with Crippen molar-refractivity contribution in [3.8, 4) is 5.75 Å². The summed E-state index contributed by atoms with van der Waals surface area (Å²) in [4.78, 5) is 12.1. The molecular formula is C23H30F2O2. The Hall–Kier alpha value is -2.23. The van der Waals surface area contributed by atoms with E-state index in [1.165, 1.54) is 12.0 Å². The van der Waals surface area contributed by atoms with Crippen molar-refractivity contribution < 1.29 is 18.3 Å². The van der Waals surface area contributed by atoms with Gasteiger partial charge >= 0.3 is 5.97 Å². The molecule has 0 aliphatic heterocycles. The van der Waals surface area contributed by atoms with Gasteiger partial charge in [-0.3, -0.25) is 0 Å². The molecule has 2 aromatic rings. The highest BCUT2D eigenvalue weighted by atomic mass is 19.1. The van der Waals surface area contributed by atoms with Crippen molar-refractivity contribution in [2.45, 2.75) is 65.7 Å². The van der Waals surface area contributed by atoms with E-state index in [1.807, 2.05) is 12.1 Å². The lowest BCUT2D eigenvalue weighted by Gasteiger charge is -2.16. The number of benzene rings is 2. The van der Waals surface area contributed by atoms with Gasteiger partial charge in [0, 0.05) is 18.2 Å². The van der Waals surface area contributed by atoms with E-state index in [0.29, 0.717) is 11.5 Å². The Labute approximate surface area is 161 Å². The Morgan fingerprint density at radius 2 is 1.37 bits per heavy atom. The van der Waals surface area contributed by atoms with Crippen LogP contribution < -0.4 is 4.74 Å². The van der Waals surface area contributed by atoms with Gasteiger partial charge in [0.25, 0.3) is 0 Å². The highest BCUT2D eigenvalue weighted by Crippen LogP contribution is 2.26. The second-order valence-corrected chi connectivity index (χ2v) is 6.60. The molecule has 0 saturated heterocycles. The normalized spacial score (nSPS) is 10.3. The third kappa shape index (κ3) is 7.90. The van der Waals surface area contributed by atoms with Crippen LogP contribution in [0.5, 0.6) is 5.75 Å². The van der Waals surface area contributed by atoms with Crippen molar-refractivity contribution >= 4 is 5.97 Å². The molecular weight excluding hydrogens is 346 g/mol. The summed E-state index contributed by atoms with van der Waals surface area (Å²) in [6.07, 6.45) is 5.69. The van der Waals surface area contributed by atoms with Gasteiger partial charge in [0.1, 0.15) is 17.4 Å². The number of hydrogen-bond donors (Lipinski definition) is 0. The van der Waals surface area contributed by atoms with Crippen molar-refractivity contribution in [2.75, 3.05) is 0 Å². The summed E-state index contributed by atoms with van der Waals surface area (Å²) in [5, 5.41) is 0. The van der Waals surface area contributed by atoms with Crippen LogP contribution in [0.4, 0.5) is 8.78 Å². The van der Waals surface area contributed by atoms with E-state index in [9.17, 15) is 13.6 Å². The molecule has 0 aliphatic carbocycles. The molecule has 0 amide bonds. The first-order chi connectivity index (χ1) is 12.9. The maximum absolute atomic E-state index is 13.1. The number of carbonyl (C=O) groups is 1. The number of rotatable bonds is 7. The van der Waals surface area contributed by atoms with Crippen LogP contribution in [0.3, 0.4) is 0 Å². The molecule has 0 aliphatic rings. The fraction of sp³-hybridized carbons (Fsp3) is 0.435. The fourth-order valence-electron chi connectivity index (χ4n) is 2.82. The number of carbonyl (C=O) groups excluding carboxylic acids is 1. The Balaban J connectivity index is 0.00000114. The molecule has 0 bridgehead atoms. The molecule has 0 heterocycles. The standard InChI is InChI=1S/C20H22F2O2.C3H8/c1-3-5-14(6-4-2)15-7-9-16(10-8-15)20(23)24-19-12-17(21)11-18(22)13-19;1-3-2/h7-14H,3-6H2,1-2H3;3H2,1-2H3. The van der Waals surface area contributed by atoms with Crippen molar-refractivity contribution in [1.82, 2.24) is 0 Å². The first kappa shape index (κ1) is 22.8. The molecule has 0 unspecified atom stereocenters. The van der Waals surface area contributed by atoms with E-state index >= 15 is 0 Å². The predicted molar refractivity (Wildman–Crippen MR) is 106 cm³/mol. The summed E-state index contributed by atoms with van der Waals surface area (Å²) in [6.45, 7) is 8.57. The van der Waals surface area contributed by atoms with Crippen LogP contribution in [-0.4, -0.2) is 5.97 Å². The average Bonchev–Trinajstić information content (AvgIpc) is 2.61. The number of ether oxygens (including phenoxy) is 1. The molecule has 0 N–H and O–H groups in total. The zero-order valence-electron chi connectivity index (χ0n) is 16.7. The minimum atomic E-state index is -0.782. The van der Waals surface area contributed by atoms with Crippen LogP contribution in [0.25, 0.3) is 0 Å². The Bertz CT molecular complexity index is 670. The monoisotopic (exact) mass is 376 g/mol. The van der Waals surface area contributed by atoms with Gasteiger partial charge in [0.05, 0.1) is 5.56 Å². The summed E-state index contributed by atoms with van der Waals surface area (Å²) in [5.41, 5.74) is 1.56. The third-order valence-electron chi connectivity index (χ3n) is 3.94. The van der Waals surface area contributed by atoms with Gasteiger partial charge < -0.3 is 4.74 Å². The smallest absolute Gasteiger partial charge is 0.343 e. The lowest BCUT2D eigenvalue weighted by atomic mass is 9.90. The topological polar surface area (TPSA) is 26.3 Å². The van der Waals surface area contributed by atoms with Crippen molar-refractivity contribution in [3.05, 3.63) is 65.2 Å². The maximum Gasteiger partial charge on any atom is 0.343 e. The number of hydrogen-bond acceptors (Lipinski definition) is 2. The van der Waals surface area contributed by atoms with E-state index in [-0.39, 0.29) is 5.75 Å². The molecule has 0 fully saturated rings. The molecule has 2 rings (SSSR count). The van der Waals surface area contributed by atoms with Gasteiger partial charge in [0.15, 0.2) is 0 Å². The minimum absolute atomic E-state index is 0.142. The molecule has 0 saturated carbocycles. The van der Waals surface area contributed by atoms with E-state index in [4.69, 9.17) is 4.74 Å². The second-order valence-electron chi connectivity index (χ2n) is 6.60. The number of esters is 1. The van der Waals surface area contributed by atoms with Crippen LogP contribution in [0, 0.1) is 11.6 Å². The molecule has 2 nitrogen and oxygen atoms in total. The maximum atomic E-state index is 13.1. The quantitative estimate of drug-likeness (QED) is 0.375. The molecule has 148 valence electrons. The van der Waals surface area contributed by atoms with Crippen LogP contribution in [0.1, 0.15) is 81.6 Å². The molecule has 0 atom stereocenters. The molecule has 2 aromatic carbocycles. The highest BCUT2D eigenvalue weighted by Gasteiger charge is 2.13. The molecule has 0 radical (unpaired) electrons. The first-order valence-corrected chi connectivity index (χ1v) is 9.73. The van der Waals surface area contributed by atoms with Gasteiger partial charge in [-0.05, 0) is 36.5 Å². The zero-order valence-corrected chi connectivity index (χ0v) is 16.7. The van der Waals surface area contributed by atoms with Gasteiger partial charge in [-0.2, -0.15) is 0 Å². The average molecular weight is 376 g/mol.